The summed E-state index contributed by atoms with van der Waals surface area (Å²) in [5.74, 6) is 3.07. The Kier molecular flexibility index (Phi) is 9.10. The zero-order chi connectivity index (χ0) is 23.1. The van der Waals surface area contributed by atoms with Gasteiger partial charge in [-0.25, -0.2) is 4.99 Å². The van der Waals surface area contributed by atoms with Gasteiger partial charge in [-0.15, -0.1) is 0 Å². The molecule has 0 N–H and O–H groups in total. The van der Waals surface area contributed by atoms with Crippen LogP contribution in [0, 0.1) is 35.0 Å². The van der Waals surface area contributed by atoms with Gasteiger partial charge < -0.3 is 9.80 Å². The lowest BCUT2D eigenvalue weighted by atomic mass is 9.80. The quantitative estimate of drug-likeness (QED) is 0.479. The standard InChI is InChI=1S/C26H41N5/c1-9-11-23-25(22(8)21(7)18(3)4)28-14-15-29-26(23)30(10-2)17-24-19(5)16-31(24)20(6)12-13-27/h9,11,15,18-19,21-22,24H,6,10,12,14,16-17H2,1-5,7-8H3/b11-9-/t19-,21+,22-,24-/m0/s1. The maximum atomic E-state index is 9.08. The van der Waals surface area contributed by atoms with Crippen molar-refractivity contribution in [2.75, 3.05) is 26.2 Å². The third-order valence-corrected chi connectivity index (χ3v) is 7.00. The molecular formula is C26H41N5. The van der Waals surface area contributed by atoms with Crippen LogP contribution < -0.4 is 0 Å². The smallest absolute Gasteiger partial charge is 0.137 e. The second-order valence-corrected chi connectivity index (χ2v) is 9.30. The molecule has 2 heterocycles. The van der Waals surface area contributed by atoms with Gasteiger partial charge in [0.15, 0.2) is 0 Å². The van der Waals surface area contributed by atoms with Gasteiger partial charge in [0.05, 0.1) is 25.1 Å². The van der Waals surface area contributed by atoms with Gasteiger partial charge in [-0.3, -0.25) is 4.99 Å². The fraction of sp³-hybridized carbons (Fsp3) is 0.654. The molecule has 5 heteroatoms. The molecule has 0 radical (unpaired) electrons. The fourth-order valence-electron chi connectivity index (χ4n) is 4.49. The predicted molar refractivity (Wildman–Crippen MR) is 132 cm³/mol. The van der Waals surface area contributed by atoms with Crippen molar-refractivity contribution in [3.05, 3.63) is 35.8 Å². The van der Waals surface area contributed by atoms with Crippen molar-refractivity contribution in [2.45, 2.75) is 60.9 Å². The van der Waals surface area contributed by atoms with E-state index in [2.05, 4.69) is 83.1 Å². The summed E-state index contributed by atoms with van der Waals surface area (Å²) in [6, 6.07) is 2.59. The highest BCUT2D eigenvalue weighted by Gasteiger charge is 2.38. The van der Waals surface area contributed by atoms with Crippen molar-refractivity contribution in [2.24, 2.45) is 33.7 Å². The van der Waals surface area contributed by atoms with Crippen molar-refractivity contribution in [1.82, 2.24) is 9.80 Å². The normalized spacial score (nSPS) is 23.3. The van der Waals surface area contributed by atoms with Crippen LogP contribution in [0.1, 0.15) is 54.9 Å². The average Bonchev–Trinajstić information content (AvgIpc) is 2.94. The summed E-state index contributed by atoms with van der Waals surface area (Å²) in [6.45, 7) is 23.2. The van der Waals surface area contributed by atoms with E-state index in [0.717, 1.165) is 42.4 Å². The number of rotatable bonds is 10. The minimum Gasteiger partial charge on any atom is -0.369 e. The molecular weight excluding hydrogens is 382 g/mol. The minimum atomic E-state index is 0.353. The Labute approximate surface area is 189 Å². The summed E-state index contributed by atoms with van der Waals surface area (Å²) in [6.07, 6.45) is 6.61. The number of aliphatic imine (C=N–C) groups is 2. The Bertz CT molecular complexity index is 795. The van der Waals surface area contributed by atoms with Gasteiger partial charge >= 0.3 is 0 Å². The van der Waals surface area contributed by atoms with Crippen LogP contribution in [0.25, 0.3) is 0 Å². The summed E-state index contributed by atoms with van der Waals surface area (Å²) < 4.78 is 0. The van der Waals surface area contributed by atoms with Crippen LogP contribution in [0.15, 0.2) is 45.8 Å². The number of nitriles is 1. The van der Waals surface area contributed by atoms with E-state index in [9.17, 15) is 0 Å². The second-order valence-electron chi connectivity index (χ2n) is 9.30. The molecule has 0 saturated carbocycles. The highest BCUT2D eigenvalue weighted by atomic mass is 15.3. The number of hydrogen-bond donors (Lipinski definition) is 0. The molecule has 0 bridgehead atoms. The number of allylic oxidation sites excluding steroid dienone is 4. The third kappa shape index (κ3) is 5.67. The molecule has 0 aliphatic carbocycles. The van der Waals surface area contributed by atoms with Crippen LogP contribution in [0.4, 0.5) is 0 Å². The summed E-state index contributed by atoms with van der Waals surface area (Å²) >= 11 is 0. The lowest BCUT2D eigenvalue weighted by Crippen LogP contribution is -2.58. The molecule has 1 saturated heterocycles. The minimum absolute atomic E-state index is 0.353. The first-order valence-corrected chi connectivity index (χ1v) is 11.8. The second kappa shape index (κ2) is 11.3. The molecule has 4 atom stereocenters. The molecule has 31 heavy (non-hydrogen) atoms. The first-order valence-electron chi connectivity index (χ1n) is 11.8. The van der Waals surface area contributed by atoms with E-state index in [4.69, 9.17) is 15.2 Å². The van der Waals surface area contributed by atoms with Gasteiger partial charge in [0.1, 0.15) is 5.82 Å². The van der Waals surface area contributed by atoms with Gasteiger partial charge in [0.2, 0.25) is 0 Å². The zero-order valence-electron chi connectivity index (χ0n) is 20.6. The topological polar surface area (TPSA) is 55.0 Å². The van der Waals surface area contributed by atoms with Crippen LogP contribution in [0.2, 0.25) is 0 Å². The van der Waals surface area contributed by atoms with Crippen LogP contribution in [-0.2, 0) is 0 Å². The Morgan fingerprint density at radius 2 is 2.10 bits per heavy atom. The first-order chi connectivity index (χ1) is 14.8. The van der Waals surface area contributed by atoms with Crippen molar-refractivity contribution >= 4 is 11.9 Å². The molecule has 0 spiro atoms. The largest absolute Gasteiger partial charge is 0.369 e. The Hall–Kier alpha value is -2.35. The van der Waals surface area contributed by atoms with E-state index >= 15 is 0 Å². The van der Waals surface area contributed by atoms with Crippen LogP contribution in [0.3, 0.4) is 0 Å². The van der Waals surface area contributed by atoms with Crippen molar-refractivity contribution in [3.63, 3.8) is 0 Å². The van der Waals surface area contributed by atoms with Gasteiger partial charge in [-0.05, 0) is 31.6 Å². The first kappa shape index (κ1) is 24.9. The van der Waals surface area contributed by atoms with E-state index < -0.39 is 0 Å². The van der Waals surface area contributed by atoms with Crippen LogP contribution in [-0.4, -0.2) is 53.9 Å². The van der Waals surface area contributed by atoms with E-state index in [-0.39, 0.29) is 0 Å². The fourth-order valence-corrected chi connectivity index (χ4v) is 4.49. The SMILES string of the molecule is C=C(CC#N)N1C[C@H](C)[C@@H]1CN(CC)C1=C(/C=C\C)C([C@@H](C)[C@H](C)C(C)C)=NCC=N1. The highest BCUT2D eigenvalue weighted by molar-refractivity contribution is 6.05. The van der Waals surface area contributed by atoms with Gasteiger partial charge in [-0.2, -0.15) is 5.26 Å². The molecule has 1 fully saturated rings. The summed E-state index contributed by atoms with van der Waals surface area (Å²) in [5, 5.41) is 9.08. The Balaban J connectivity index is 2.39. The van der Waals surface area contributed by atoms with Crippen LogP contribution >= 0.6 is 0 Å². The van der Waals surface area contributed by atoms with E-state index in [0.29, 0.717) is 42.7 Å². The molecule has 2 rings (SSSR count). The molecule has 0 aromatic rings. The summed E-state index contributed by atoms with van der Waals surface area (Å²) in [7, 11) is 0. The summed E-state index contributed by atoms with van der Waals surface area (Å²) in [4.78, 5) is 14.5. The molecule has 0 aromatic carbocycles. The van der Waals surface area contributed by atoms with Crippen LogP contribution in [0.5, 0.6) is 0 Å². The number of nitrogens with zero attached hydrogens (tertiary/aromatic N) is 5. The number of hydrogen-bond acceptors (Lipinski definition) is 5. The lowest BCUT2D eigenvalue weighted by Gasteiger charge is -2.51. The van der Waals surface area contributed by atoms with Gasteiger partial charge in [-0.1, -0.05) is 53.3 Å². The molecule has 170 valence electrons. The van der Waals surface area contributed by atoms with E-state index in [1.54, 1.807) is 0 Å². The average molecular weight is 424 g/mol. The van der Waals surface area contributed by atoms with Crippen molar-refractivity contribution in [1.29, 1.82) is 5.26 Å². The van der Waals surface area contributed by atoms with E-state index in [1.165, 1.54) is 0 Å². The molecule has 0 aromatic heterocycles. The Morgan fingerprint density at radius 1 is 1.39 bits per heavy atom. The zero-order valence-corrected chi connectivity index (χ0v) is 20.6. The Morgan fingerprint density at radius 3 is 2.65 bits per heavy atom. The van der Waals surface area contributed by atoms with E-state index in [1.807, 2.05) is 6.21 Å². The molecule has 0 amide bonds. The lowest BCUT2D eigenvalue weighted by molar-refractivity contribution is 0.0384. The van der Waals surface area contributed by atoms with Crippen molar-refractivity contribution < 1.29 is 0 Å². The van der Waals surface area contributed by atoms with Crippen molar-refractivity contribution in [3.8, 4) is 6.07 Å². The monoisotopic (exact) mass is 423 g/mol. The van der Waals surface area contributed by atoms with Gasteiger partial charge in [0.25, 0.3) is 0 Å². The maximum Gasteiger partial charge on any atom is 0.137 e. The predicted octanol–water partition coefficient (Wildman–Crippen LogP) is 5.30. The molecule has 5 nitrogen and oxygen atoms in total. The van der Waals surface area contributed by atoms with Gasteiger partial charge in [0, 0.05) is 48.7 Å². The molecule has 0 unspecified atom stereocenters. The molecule has 2 aliphatic heterocycles. The summed E-state index contributed by atoms with van der Waals surface area (Å²) in [5.41, 5.74) is 3.24. The maximum absolute atomic E-state index is 9.08. The highest BCUT2D eigenvalue weighted by Crippen LogP contribution is 2.33. The third-order valence-electron chi connectivity index (χ3n) is 7.00. The number of likely N-dealkylation sites (tertiary alicyclic amines) is 1. The molecule has 2 aliphatic rings. The number of likely N-dealkylation sites (N-methyl/N-ethyl adjacent to an activating group) is 1.